The van der Waals surface area contributed by atoms with Gasteiger partial charge in [-0.25, -0.2) is 4.98 Å². The first kappa shape index (κ1) is 15.4. The lowest BCUT2D eigenvalue weighted by Gasteiger charge is -2.07. The Balaban J connectivity index is 2.07. The lowest BCUT2D eigenvalue weighted by Crippen LogP contribution is -2.05. The molecule has 0 saturated carbocycles. The van der Waals surface area contributed by atoms with Gasteiger partial charge in [-0.2, -0.15) is 0 Å². The van der Waals surface area contributed by atoms with E-state index in [-0.39, 0.29) is 11.5 Å². The van der Waals surface area contributed by atoms with Gasteiger partial charge in [-0.15, -0.1) is 0 Å². The molecule has 0 spiro atoms. The van der Waals surface area contributed by atoms with Gasteiger partial charge in [0.2, 0.25) is 5.82 Å². The van der Waals surface area contributed by atoms with Gasteiger partial charge in [-0.3, -0.25) is 10.1 Å². The molecule has 0 aliphatic rings. The molecule has 21 heavy (non-hydrogen) atoms. The van der Waals surface area contributed by atoms with Gasteiger partial charge in [0.05, 0.1) is 4.92 Å². The smallest absolute Gasteiger partial charge is 0.312 e. The number of nitrogens with zero attached hydrogens (tertiary/aromatic N) is 2. The Hall–Kier alpha value is -1.99. The number of pyridine rings is 1. The Morgan fingerprint density at radius 1 is 1.29 bits per heavy atom. The summed E-state index contributed by atoms with van der Waals surface area (Å²) in [5, 5.41) is 14.0. The fourth-order valence-corrected chi connectivity index (χ4v) is 2.20. The van der Waals surface area contributed by atoms with Crippen LogP contribution in [0.4, 0.5) is 11.5 Å². The highest BCUT2D eigenvalue weighted by atomic mass is 79.9. The molecule has 1 heterocycles. The number of aromatic nitrogens is 1. The maximum absolute atomic E-state index is 11.0. The van der Waals surface area contributed by atoms with E-state index >= 15 is 0 Å². The zero-order valence-corrected chi connectivity index (χ0v) is 12.8. The topological polar surface area (TPSA) is 94.1 Å². The lowest BCUT2D eigenvalue weighted by atomic mass is 10.1. The van der Waals surface area contributed by atoms with E-state index in [0.717, 1.165) is 12.0 Å². The maximum Gasteiger partial charge on any atom is 0.312 e. The first-order valence-electron chi connectivity index (χ1n) is 6.42. The Kier molecular flexibility index (Phi) is 5.24. The number of hydrogen-bond donors (Lipinski definition) is 2. The molecular formula is C14H15BrN4O2. The first-order valence-corrected chi connectivity index (χ1v) is 7.21. The number of halogens is 1. The predicted molar refractivity (Wildman–Crippen MR) is 85.1 cm³/mol. The van der Waals surface area contributed by atoms with Crippen molar-refractivity contribution >= 4 is 27.4 Å². The standard InChI is InChI=1S/C14H15BrN4O2/c15-12-7-13(19(20)21)14(18-9-12)17-8-11-3-1-10(2-4-11)5-6-16/h1-4,7,9H,5-6,8,16H2,(H,17,18). The number of nitro groups is 1. The zero-order valence-electron chi connectivity index (χ0n) is 11.3. The van der Waals surface area contributed by atoms with Gasteiger partial charge >= 0.3 is 5.69 Å². The van der Waals surface area contributed by atoms with Gasteiger partial charge in [-0.1, -0.05) is 24.3 Å². The van der Waals surface area contributed by atoms with Crippen LogP contribution in [-0.4, -0.2) is 16.5 Å². The third kappa shape index (κ3) is 4.24. The van der Waals surface area contributed by atoms with Crippen LogP contribution in [0.2, 0.25) is 0 Å². The quantitative estimate of drug-likeness (QED) is 0.617. The Morgan fingerprint density at radius 2 is 1.95 bits per heavy atom. The summed E-state index contributed by atoms with van der Waals surface area (Å²) >= 11 is 3.18. The summed E-state index contributed by atoms with van der Waals surface area (Å²) in [7, 11) is 0. The predicted octanol–water partition coefficient (Wildman–Crippen LogP) is 2.87. The van der Waals surface area contributed by atoms with Crippen molar-refractivity contribution in [3.05, 3.63) is 62.2 Å². The van der Waals surface area contributed by atoms with Gasteiger partial charge in [0.1, 0.15) is 0 Å². The molecule has 6 nitrogen and oxygen atoms in total. The summed E-state index contributed by atoms with van der Waals surface area (Å²) in [4.78, 5) is 14.6. The average Bonchev–Trinajstić information content (AvgIpc) is 2.47. The van der Waals surface area contributed by atoms with Crippen LogP contribution in [0, 0.1) is 10.1 Å². The van der Waals surface area contributed by atoms with Crippen molar-refractivity contribution in [3.63, 3.8) is 0 Å². The van der Waals surface area contributed by atoms with Crippen LogP contribution in [-0.2, 0) is 13.0 Å². The van der Waals surface area contributed by atoms with Crippen LogP contribution in [0.15, 0.2) is 41.0 Å². The zero-order chi connectivity index (χ0) is 15.2. The summed E-state index contributed by atoms with van der Waals surface area (Å²) < 4.78 is 0.575. The normalized spacial score (nSPS) is 10.4. The molecule has 0 fully saturated rings. The molecule has 0 saturated heterocycles. The van der Waals surface area contributed by atoms with E-state index in [1.807, 2.05) is 24.3 Å². The molecule has 1 aromatic carbocycles. The third-order valence-corrected chi connectivity index (χ3v) is 3.38. The van der Waals surface area contributed by atoms with Crippen molar-refractivity contribution in [1.29, 1.82) is 0 Å². The van der Waals surface area contributed by atoms with Gasteiger partial charge in [0, 0.05) is 23.3 Å². The number of nitrogens with one attached hydrogen (secondary N) is 1. The minimum absolute atomic E-state index is 0.0517. The van der Waals surface area contributed by atoms with Crippen molar-refractivity contribution in [1.82, 2.24) is 4.98 Å². The van der Waals surface area contributed by atoms with Crippen molar-refractivity contribution in [2.75, 3.05) is 11.9 Å². The molecule has 0 radical (unpaired) electrons. The second-order valence-electron chi connectivity index (χ2n) is 4.49. The van der Waals surface area contributed by atoms with Crippen molar-refractivity contribution in [2.24, 2.45) is 5.73 Å². The van der Waals surface area contributed by atoms with Crippen LogP contribution >= 0.6 is 15.9 Å². The third-order valence-electron chi connectivity index (χ3n) is 2.95. The van der Waals surface area contributed by atoms with Crippen LogP contribution in [0.5, 0.6) is 0 Å². The number of hydrogen-bond acceptors (Lipinski definition) is 5. The van der Waals surface area contributed by atoms with Gasteiger partial charge in [0.25, 0.3) is 0 Å². The van der Waals surface area contributed by atoms with E-state index < -0.39 is 4.92 Å². The number of anilines is 1. The molecule has 110 valence electrons. The van der Waals surface area contributed by atoms with E-state index in [2.05, 4.69) is 26.2 Å². The highest BCUT2D eigenvalue weighted by molar-refractivity contribution is 9.10. The van der Waals surface area contributed by atoms with E-state index in [0.29, 0.717) is 17.6 Å². The molecule has 0 atom stereocenters. The van der Waals surface area contributed by atoms with E-state index in [1.54, 1.807) is 0 Å². The summed E-state index contributed by atoms with van der Waals surface area (Å²) in [6, 6.07) is 9.39. The molecule has 0 aliphatic carbocycles. The fourth-order valence-electron chi connectivity index (χ4n) is 1.88. The Bertz CT molecular complexity index is 631. The Morgan fingerprint density at radius 3 is 2.57 bits per heavy atom. The summed E-state index contributed by atoms with van der Waals surface area (Å²) in [6.07, 6.45) is 2.37. The van der Waals surface area contributed by atoms with Gasteiger partial charge in [-0.05, 0) is 40.0 Å². The van der Waals surface area contributed by atoms with Crippen LogP contribution in [0.3, 0.4) is 0 Å². The second-order valence-corrected chi connectivity index (χ2v) is 5.40. The summed E-state index contributed by atoms with van der Waals surface area (Å²) in [6.45, 7) is 1.09. The Labute approximate surface area is 130 Å². The maximum atomic E-state index is 11.0. The minimum atomic E-state index is -0.454. The SMILES string of the molecule is NCCc1ccc(CNc2ncc(Br)cc2[N+](=O)[O-])cc1. The number of nitrogens with two attached hydrogens (primary N) is 1. The molecule has 7 heteroatoms. The first-order chi connectivity index (χ1) is 10.1. The number of rotatable bonds is 6. The highest BCUT2D eigenvalue weighted by Gasteiger charge is 2.15. The molecule has 3 N–H and O–H groups in total. The number of benzene rings is 1. The van der Waals surface area contributed by atoms with Crippen LogP contribution < -0.4 is 11.1 Å². The van der Waals surface area contributed by atoms with Crippen molar-refractivity contribution < 1.29 is 4.92 Å². The molecule has 1 aromatic heterocycles. The molecule has 0 amide bonds. The highest BCUT2D eigenvalue weighted by Crippen LogP contribution is 2.25. The minimum Gasteiger partial charge on any atom is -0.360 e. The van der Waals surface area contributed by atoms with Crippen molar-refractivity contribution in [3.8, 4) is 0 Å². The van der Waals surface area contributed by atoms with Crippen LogP contribution in [0.1, 0.15) is 11.1 Å². The van der Waals surface area contributed by atoms with Gasteiger partial charge < -0.3 is 11.1 Å². The average molecular weight is 351 g/mol. The van der Waals surface area contributed by atoms with E-state index in [9.17, 15) is 10.1 Å². The molecule has 0 bridgehead atoms. The van der Waals surface area contributed by atoms with E-state index in [4.69, 9.17) is 5.73 Å². The summed E-state index contributed by atoms with van der Waals surface area (Å²) in [5.41, 5.74) is 7.65. The molecule has 0 unspecified atom stereocenters. The van der Waals surface area contributed by atoms with E-state index in [1.165, 1.54) is 17.8 Å². The lowest BCUT2D eigenvalue weighted by molar-refractivity contribution is -0.384. The molecule has 0 aliphatic heterocycles. The second kappa shape index (κ2) is 7.14. The molecular weight excluding hydrogens is 336 g/mol. The largest absolute Gasteiger partial charge is 0.360 e. The molecule has 2 aromatic rings. The fraction of sp³-hybridized carbons (Fsp3) is 0.214. The summed E-state index contributed by atoms with van der Waals surface area (Å²) in [5.74, 6) is 0.259. The van der Waals surface area contributed by atoms with Crippen LogP contribution in [0.25, 0.3) is 0 Å². The van der Waals surface area contributed by atoms with Gasteiger partial charge in [0.15, 0.2) is 0 Å². The molecule has 2 rings (SSSR count). The van der Waals surface area contributed by atoms with Crippen molar-refractivity contribution in [2.45, 2.75) is 13.0 Å². The monoisotopic (exact) mass is 350 g/mol.